The SMILES string of the molecule is CS(=O)(=O)N1C[C@@H](OCCCn2cccn2)[C@@H]2OCCC[C@@H]21. The summed E-state index contributed by atoms with van der Waals surface area (Å²) >= 11 is 0. The lowest BCUT2D eigenvalue weighted by molar-refractivity contribution is -0.0760. The van der Waals surface area contributed by atoms with Crippen LogP contribution in [0.4, 0.5) is 0 Å². The number of aryl methyl sites for hydroxylation is 1. The van der Waals surface area contributed by atoms with Gasteiger partial charge in [0.25, 0.3) is 0 Å². The molecule has 1 aromatic heterocycles. The van der Waals surface area contributed by atoms with Crippen molar-refractivity contribution in [1.29, 1.82) is 0 Å². The van der Waals surface area contributed by atoms with Crippen LogP contribution in [0.1, 0.15) is 19.3 Å². The summed E-state index contributed by atoms with van der Waals surface area (Å²) in [5.41, 5.74) is 0. The molecule has 0 aliphatic carbocycles. The third kappa shape index (κ3) is 3.51. The van der Waals surface area contributed by atoms with Crippen LogP contribution < -0.4 is 0 Å². The smallest absolute Gasteiger partial charge is 0.211 e. The molecule has 7 nitrogen and oxygen atoms in total. The molecule has 0 spiro atoms. The van der Waals surface area contributed by atoms with Gasteiger partial charge in [-0.3, -0.25) is 4.68 Å². The van der Waals surface area contributed by atoms with E-state index in [-0.39, 0.29) is 18.2 Å². The van der Waals surface area contributed by atoms with Crippen LogP contribution in [-0.4, -0.2) is 66.8 Å². The molecule has 2 fully saturated rings. The summed E-state index contributed by atoms with van der Waals surface area (Å²) in [6.07, 6.45) is 7.23. The van der Waals surface area contributed by atoms with Crippen molar-refractivity contribution >= 4 is 10.0 Å². The monoisotopic (exact) mass is 329 g/mol. The van der Waals surface area contributed by atoms with Gasteiger partial charge in [-0.05, 0) is 25.3 Å². The van der Waals surface area contributed by atoms with Gasteiger partial charge in [0.05, 0.1) is 18.4 Å². The Balaban J connectivity index is 1.54. The Labute approximate surface area is 131 Å². The minimum atomic E-state index is -3.21. The second-order valence-electron chi connectivity index (χ2n) is 5.91. The molecular formula is C14H23N3O4S. The molecule has 2 aliphatic rings. The fraction of sp³-hybridized carbons (Fsp3) is 0.786. The van der Waals surface area contributed by atoms with Crippen molar-refractivity contribution in [2.45, 2.75) is 44.1 Å². The Morgan fingerprint density at radius 1 is 1.45 bits per heavy atom. The molecule has 0 N–H and O–H groups in total. The quantitative estimate of drug-likeness (QED) is 0.710. The van der Waals surface area contributed by atoms with E-state index < -0.39 is 10.0 Å². The summed E-state index contributed by atoms with van der Waals surface area (Å²) in [5.74, 6) is 0. The van der Waals surface area contributed by atoms with Gasteiger partial charge in [-0.15, -0.1) is 0 Å². The number of sulfonamides is 1. The number of hydrogen-bond acceptors (Lipinski definition) is 5. The first kappa shape index (κ1) is 15.9. The first-order chi connectivity index (χ1) is 10.6. The van der Waals surface area contributed by atoms with Crippen molar-refractivity contribution < 1.29 is 17.9 Å². The van der Waals surface area contributed by atoms with Gasteiger partial charge in [-0.2, -0.15) is 9.40 Å². The van der Waals surface area contributed by atoms with Crippen molar-refractivity contribution in [2.75, 3.05) is 26.0 Å². The molecule has 0 amide bonds. The van der Waals surface area contributed by atoms with Crippen LogP contribution in [0.3, 0.4) is 0 Å². The lowest BCUT2D eigenvalue weighted by atomic mass is 10.0. The molecule has 0 bridgehead atoms. The third-order valence-corrected chi connectivity index (χ3v) is 5.55. The van der Waals surface area contributed by atoms with E-state index in [0.717, 1.165) is 25.8 Å². The molecule has 8 heteroatoms. The van der Waals surface area contributed by atoms with E-state index in [9.17, 15) is 8.42 Å². The van der Waals surface area contributed by atoms with Gasteiger partial charge >= 0.3 is 0 Å². The summed E-state index contributed by atoms with van der Waals surface area (Å²) in [5, 5.41) is 4.14. The van der Waals surface area contributed by atoms with Gasteiger partial charge in [0.15, 0.2) is 0 Å². The number of rotatable bonds is 6. The predicted molar refractivity (Wildman–Crippen MR) is 80.9 cm³/mol. The Morgan fingerprint density at radius 2 is 2.32 bits per heavy atom. The van der Waals surface area contributed by atoms with Gasteiger partial charge in [0.1, 0.15) is 6.10 Å². The van der Waals surface area contributed by atoms with Crippen molar-refractivity contribution in [1.82, 2.24) is 14.1 Å². The average molecular weight is 329 g/mol. The van der Waals surface area contributed by atoms with Crippen LogP contribution in [0.15, 0.2) is 18.5 Å². The largest absolute Gasteiger partial charge is 0.374 e. The summed E-state index contributed by atoms with van der Waals surface area (Å²) < 4.78 is 39.0. The molecule has 124 valence electrons. The normalized spacial score (nSPS) is 29.6. The number of hydrogen-bond donors (Lipinski definition) is 0. The summed E-state index contributed by atoms with van der Waals surface area (Å²) in [6, 6.07) is 1.82. The molecular weight excluding hydrogens is 306 g/mol. The van der Waals surface area contributed by atoms with E-state index in [1.165, 1.54) is 6.26 Å². The third-order valence-electron chi connectivity index (χ3n) is 4.28. The number of aromatic nitrogens is 2. The first-order valence-electron chi connectivity index (χ1n) is 7.73. The molecule has 3 rings (SSSR count). The molecule has 2 aliphatic heterocycles. The van der Waals surface area contributed by atoms with Gasteiger partial charge < -0.3 is 9.47 Å². The Kier molecular flexibility index (Phi) is 4.82. The maximum absolute atomic E-state index is 11.9. The average Bonchev–Trinajstić information content (AvgIpc) is 3.11. The summed E-state index contributed by atoms with van der Waals surface area (Å²) in [4.78, 5) is 0. The van der Waals surface area contributed by atoms with Crippen LogP contribution in [0.25, 0.3) is 0 Å². The second-order valence-corrected chi connectivity index (χ2v) is 7.84. The van der Waals surface area contributed by atoms with Crippen molar-refractivity contribution in [3.05, 3.63) is 18.5 Å². The first-order valence-corrected chi connectivity index (χ1v) is 9.58. The molecule has 0 saturated carbocycles. The van der Waals surface area contributed by atoms with Crippen LogP contribution in [0.2, 0.25) is 0 Å². The van der Waals surface area contributed by atoms with E-state index in [0.29, 0.717) is 19.8 Å². The number of fused-ring (bicyclic) bond motifs is 1. The molecule has 2 saturated heterocycles. The van der Waals surface area contributed by atoms with E-state index >= 15 is 0 Å². The summed E-state index contributed by atoms with van der Waals surface area (Å²) in [7, 11) is -3.21. The van der Waals surface area contributed by atoms with Gasteiger partial charge in [0.2, 0.25) is 10.0 Å². The molecule has 3 heterocycles. The van der Waals surface area contributed by atoms with Gasteiger partial charge in [-0.1, -0.05) is 0 Å². The fourth-order valence-electron chi connectivity index (χ4n) is 3.29. The van der Waals surface area contributed by atoms with Crippen molar-refractivity contribution in [2.24, 2.45) is 0 Å². The molecule has 0 unspecified atom stereocenters. The highest BCUT2D eigenvalue weighted by Gasteiger charge is 2.48. The Morgan fingerprint density at radius 3 is 3.05 bits per heavy atom. The Bertz CT molecular complexity index is 575. The number of ether oxygens (including phenoxy) is 2. The van der Waals surface area contributed by atoms with Crippen molar-refractivity contribution in [3.63, 3.8) is 0 Å². The van der Waals surface area contributed by atoms with E-state index in [1.54, 1.807) is 10.5 Å². The van der Waals surface area contributed by atoms with E-state index in [4.69, 9.17) is 9.47 Å². The van der Waals surface area contributed by atoms with Crippen LogP contribution >= 0.6 is 0 Å². The molecule has 3 atom stereocenters. The Hall–Kier alpha value is -0.960. The predicted octanol–water partition coefficient (Wildman–Crippen LogP) is 0.481. The minimum absolute atomic E-state index is 0.0696. The second kappa shape index (κ2) is 6.66. The maximum Gasteiger partial charge on any atom is 0.211 e. The zero-order valence-corrected chi connectivity index (χ0v) is 13.6. The molecule has 0 aromatic carbocycles. The van der Waals surface area contributed by atoms with Crippen LogP contribution in [-0.2, 0) is 26.0 Å². The zero-order chi connectivity index (χ0) is 15.6. The fourth-order valence-corrected chi connectivity index (χ4v) is 4.42. The molecule has 0 radical (unpaired) electrons. The van der Waals surface area contributed by atoms with Crippen LogP contribution in [0, 0.1) is 0 Å². The zero-order valence-electron chi connectivity index (χ0n) is 12.8. The highest BCUT2D eigenvalue weighted by Crippen LogP contribution is 2.32. The minimum Gasteiger partial charge on any atom is -0.374 e. The highest BCUT2D eigenvalue weighted by molar-refractivity contribution is 7.88. The highest BCUT2D eigenvalue weighted by atomic mass is 32.2. The summed E-state index contributed by atoms with van der Waals surface area (Å²) in [6.45, 7) is 2.46. The molecule has 1 aromatic rings. The number of nitrogens with zero attached hydrogens (tertiary/aromatic N) is 3. The maximum atomic E-state index is 11.9. The van der Waals surface area contributed by atoms with E-state index in [2.05, 4.69) is 5.10 Å². The topological polar surface area (TPSA) is 73.7 Å². The van der Waals surface area contributed by atoms with Gasteiger partial charge in [-0.25, -0.2) is 8.42 Å². The van der Waals surface area contributed by atoms with Crippen LogP contribution in [0.5, 0.6) is 0 Å². The lowest BCUT2D eigenvalue weighted by Gasteiger charge is -2.31. The van der Waals surface area contributed by atoms with Gasteiger partial charge in [0, 0.05) is 38.7 Å². The standard InChI is InChI=1S/C14H23N3O4S/c1-22(18,19)17-11-13(14-12(17)5-2-9-21-14)20-10-4-8-16-7-3-6-15-16/h3,6-7,12-14H,2,4-5,8-11H2,1H3/t12-,13+,14+/m0/s1. The van der Waals surface area contributed by atoms with Crippen molar-refractivity contribution in [3.8, 4) is 0 Å². The van der Waals surface area contributed by atoms with E-state index in [1.807, 2.05) is 16.9 Å². The lowest BCUT2D eigenvalue weighted by Crippen LogP contribution is -2.43. The molecule has 22 heavy (non-hydrogen) atoms.